The highest BCUT2D eigenvalue weighted by molar-refractivity contribution is 6.34. The molecule has 2 aromatic rings. The number of carbonyl (C=O) groups is 1. The summed E-state index contributed by atoms with van der Waals surface area (Å²) in [5.41, 5.74) is 6.67. The van der Waals surface area contributed by atoms with Crippen LogP contribution in [0.4, 0.5) is 15.9 Å². The van der Waals surface area contributed by atoms with Crippen LogP contribution in [0.1, 0.15) is 16.1 Å². The number of rotatable bonds is 2. The van der Waals surface area contributed by atoms with E-state index in [1.165, 1.54) is 18.2 Å². The van der Waals surface area contributed by atoms with Crippen LogP contribution >= 0.6 is 11.6 Å². The van der Waals surface area contributed by atoms with E-state index in [9.17, 15) is 9.18 Å². The van der Waals surface area contributed by atoms with Gasteiger partial charge in [-0.25, -0.2) is 4.39 Å². The third-order valence-corrected chi connectivity index (χ3v) is 2.81. The van der Waals surface area contributed by atoms with Crippen molar-refractivity contribution in [3.8, 4) is 0 Å². The predicted molar refractivity (Wildman–Crippen MR) is 67.1 cm³/mol. The van der Waals surface area contributed by atoms with Gasteiger partial charge in [-0.1, -0.05) is 17.7 Å². The number of nitrogen functional groups attached to an aromatic ring is 1. The SMILES string of the molecule is Cc1[nH]nc(NC(=O)c2cccc(F)c2Cl)c1N. The maximum absolute atomic E-state index is 13.2. The number of aromatic amines is 1. The first kappa shape index (κ1) is 12.4. The quantitative estimate of drug-likeness (QED) is 0.782. The number of hydrogen-bond donors (Lipinski definition) is 3. The minimum Gasteiger partial charge on any atom is -0.394 e. The molecule has 0 aliphatic rings. The second kappa shape index (κ2) is 4.66. The average Bonchev–Trinajstić information content (AvgIpc) is 2.64. The topological polar surface area (TPSA) is 83.8 Å². The molecule has 0 atom stereocenters. The van der Waals surface area contributed by atoms with Crippen LogP contribution in [-0.4, -0.2) is 16.1 Å². The molecule has 4 N–H and O–H groups in total. The predicted octanol–water partition coefficient (Wildman–Crippen LogP) is 2.35. The molecular formula is C11H10ClFN4O. The molecule has 18 heavy (non-hydrogen) atoms. The summed E-state index contributed by atoms with van der Waals surface area (Å²) in [6.07, 6.45) is 0. The number of anilines is 2. The molecule has 7 heteroatoms. The van der Waals surface area contributed by atoms with Crippen LogP contribution in [-0.2, 0) is 0 Å². The van der Waals surface area contributed by atoms with E-state index in [0.717, 1.165) is 0 Å². The van der Waals surface area contributed by atoms with Crippen LogP contribution in [0, 0.1) is 12.7 Å². The molecule has 1 aromatic carbocycles. The molecule has 2 rings (SSSR count). The van der Waals surface area contributed by atoms with E-state index < -0.39 is 11.7 Å². The Kier molecular flexibility index (Phi) is 3.20. The van der Waals surface area contributed by atoms with E-state index in [1.807, 2.05) is 0 Å². The lowest BCUT2D eigenvalue weighted by Gasteiger charge is -2.05. The lowest BCUT2D eigenvalue weighted by atomic mass is 10.2. The van der Waals surface area contributed by atoms with Gasteiger partial charge in [-0.2, -0.15) is 5.10 Å². The lowest BCUT2D eigenvalue weighted by molar-refractivity contribution is 0.102. The number of aryl methyl sites for hydroxylation is 1. The smallest absolute Gasteiger partial charge is 0.258 e. The Labute approximate surface area is 107 Å². The molecule has 1 heterocycles. The van der Waals surface area contributed by atoms with Gasteiger partial charge in [0.25, 0.3) is 5.91 Å². The normalized spacial score (nSPS) is 10.4. The average molecular weight is 269 g/mol. The van der Waals surface area contributed by atoms with Crippen molar-refractivity contribution in [3.63, 3.8) is 0 Å². The van der Waals surface area contributed by atoms with Gasteiger partial charge < -0.3 is 11.1 Å². The first-order valence-corrected chi connectivity index (χ1v) is 5.44. The highest BCUT2D eigenvalue weighted by atomic mass is 35.5. The fourth-order valence-corrected chi connectivity index (χ4v) is 1.60. The van der Waals surface area contributed by atoms with Crippen LogP contribution < -0.4 is 11.1 Å². The number of hydrogen-bond acceptors (Lipinski definition) is 3. The van der Waals surface area contributed by atoms with E-state index in [0.29, 0.717) is 11.4 Å². The number of nitrogens with one attached hydrogen (secondary N) is 2. The third kappa shape index (κ3) is 2.14. The Morgan fingerprint density at radius 3 is 2.89 bits per heavy atom. The van der Waals surface area contributed by atoms with Crippen molar-refractivity contribution in [2.45, 2.75) is 6.92 Å². The molecule has 0 bridgehead atoms. The standard InChI is InChI=1S/C11H10ClFN4O/c1-5-9(14)10(17-16-5)15-11(18)6-3-2-4-7(13)8(6)12/h2-4H,14H2,1H3,(H2,15,16,17,18). The van der Waals surface area contributed by atoms with Gasteiger partial charge in [-0.3, -0.25) is 9.89 Å². The maximum atomic E-state index is 13.2. The molecule has 5 nitrogen and oxygen atoms in total. The summed E-state index contributed by atoms with van der Waals surface area (Å²) in [4.78, 5) is 11.9. The molecule has 1 aromatic heterocycles. The molecule has 0 saturated carbocycles. The second-order valence-corrected chi connectivity index (χ2v) is 4.04. The first-order chi connectivity index (χ1) is 8.50. The highest BCUT2D eigenvalue weighted by Crippen LogP contribution is 2.23. The van der Waals surface area contributed by atoms with Gasteiger partial charge >= 0.3 is 0 Å². The van der Waals surface area contributed by atoms with Crippen molar-refractivity contribution >= 4 is 29.0 Å². The molecule has 0 fully saturated rings. The van der Waals surface area contributed by atoms with Crippen molar-refractivity contribution < 1.29 is 9.18 Å². The summed E-state index contributed by atoms with van der Waals surface area (Å²) in [7, 11) is 0. The van der Waals surface area contributed by atoms with Crippen LogP contribution in [0.5, 0.6) is 0 Å². The van der Waals surface area contributed by atoms with E-state index in [4.69, 9.17) is 17.3 Å². The van der Waals surface area contributed by atoms with Crippen molar-refractivity contribution in [2.24, 2.45) is 0 Å². The molecule has 94 valence electrons. The van der Waals surface area contributed by atoms with Gasteiger partial charge in [0, 0.05) is 0 Å². The summed E-state index contributed by atoms with van der Waals surface area (Å²) in [5, 5.41) is 8.66. The third-order valence-electron chi connectivity index (χ3n) is 2.42. The summed E-state index contributed by atoms with van der Waals surface area (Å²) in [6.45, 7) is 1.72. The van der Waals surface area contributed by atoms with Crippen molar-refractivity contribution in [1.29, 1.82) is 0 Å². The second-order valence-electron chi connectivity index (χ2n) is 3.67. The van der Waals surface area contributed by atoms with E-state index in [-0.39, 0.29) is 16.4 Å². The zero-order chi connectivity index (χ0) is 13.3. The zero-order valence-electron chi connectivity index (χ0n) is 9.42. The van der Waals surface area contributed by atoms with Gasteiger partial charge in [0.05, 0.1) is 22.0 Å². The van der Waals surface area contributed by atoms with Gasteiger partial charge in [0.2, 0.25) is 0 Å². The van der Waals surface area contributed by atoms with Crippen molar-refractivity contribution in [1.82, 2.24) is 10.2 Å². The summed E-state index contributed by atoms with van der Waals surface area (Å²) < 4.78 is 13.2. The van der Waals surface area contributed by atoms with E-state index in [2.05, 4.69) is 15.5 Å². The fraction of sp³-hybridized carbons (Fsp3) is 0.0909. The number of nitrogens with two attached hydrogens (primary N) is 1. The molecule has 0 spiro atoms. The molecule has 0 radical (unpaired) electrons. The Hall–Kier alpha value is -2.08. The highest BCUT2D eigenvalue weighted by Gasteiger charge is 2.16. The molecule has 0 unspecified atom stereocenters. The summed E-state index contributed by atoms with van der Waals surface area (Å²) in [6, 6.07) is 3.98. The fourth-order valence-electron chi connectivity index (χ4n) is 1.39. The zero-order valence-corrected chi connectivity index (χ0v) is 10.2. The molecular weight excluding hydrogens is 259 g/mol. The Balaban J connectivity index is 2.28. The van der Waals surface area contributed by atoms with E-state index in [1.54, 1.807) is 6.92 Å². The summed E-state index contributed by atoms with van der Waals surface area (Å²) >= 11 is 5.70. The Morgan fingerprint density at radius 1 is 1.56 bits per heavy atom. The molecule has 1 amide bonds. The maximum Gasteiger partial charge on any atom is 0.258 e. The number of halogens is 2. The largest absolute Gasteiger partial charge is 0.394 e. The van der Waals surface area contributed by atoms with Crippen LogP contribution in [0.3, 0.4) is 0 Å². The van der Waals surface area contributed by atoms with Gasteiger partial charge in [-0.15, -0.1) is 0 Å². The number of carbonyl (C=O) groups excluding carboxylic acids is 1. The lowest BCUT2D eigenvalue weighted by Crippen LogP contribution is -2.14. The number of H-pyrrole nitrogens is 1. The van der Waals surface area contributed by atoms with Crippen LogP contribution in [0.15, 0.2) is 18.2 Å². The van der Waals surface area contributed by atoms with Gasteiger partial charge in [0.1, 0.15) is 5.82 Å². The van der Waals surface area contributed by atoms with Crippen molar-refractivity contribution in [3.05, 3.63) is 40.3 Å². The molecule has 0 aliphatic carbocycles. The minimum absolute atomic E-state index is 0.0247. The van der Waals surface area contributed by atoms with Gasteiger partial charge in [0.15, 0.2) is 5.82 Å². The number of amides is 1. The van der Waals surface area contributed by atoms with E-state index >= 15 is 0 Å². The number of benzene rings is 1. The minimum atomic E-state index is -0.657. The first-order valence-electron chi connectivity index (χ1n) is 5.06. The molecule has 0 aliphatic heterocycles. The monoisotopic (exact) mass is 268 g/mol. The van der Waals surface area contributed by atoms with Crippen LogP contribution in [0.2, 0.25) is 5.02 Å². The van der Waals surface area contributed by atoms with Gasteiger partial charge in [-0.05, 0) is 19.1 Å². The molecule has 0 saturated heterocycles. The Bertz CT molecular complexity index is 611. The number of aromatic nitrogens is 2. The van der Waals surface area contributed by atoms with Crippen molar-refractivity contribution in [2.75, 3.05) is 11.1 Å². The summed E-state index contributed by atoms with van der Waals surface area (Å²) in [5.74, 6) is -1.04. The van der Waals surface area contributed by atoms with Crippen LogP contribution in [0.25, 0.3) is 0 Å². The Morgan fingerprint density at radius 2 is 2.28 bits per heavy atom. The number of nitrogens with zero attached hydrogens (tertiary/aromatic N) is 1.